The zero-order valence-corrected chi connectivity index (χ0v) is 13.5. The molecule has 11 heteroatoms. The maximum atomic E-state index is 12.4. The van der Waals surface area contributed by atoms with E-state index < -0.39 is 10.0 Å². The van der Waals surface area contributed by atoms with Gasteiger partial charge in [-0.05, 0) is 13.0 Å². The molecule has 0 aliphatic heterocycles. The molecular formula is C10H7Cl2N5O2S2. The molecule has 0 amide bonds. The lowest BCUT2D eigenvalue weighted by Crippen LogP contribution is -2.14. The van der Waals surface area contributed by atoms with Crippen LogP contribution in [-0.4, -0.2) is 27.4 Å². The number of aromatic nitrogens is 4. The summed E-state index contributed by atoms with van der Waals surface area (Å²) >= 11 is 13.0. The number of sulfonamides is 1. The van der Waals surface area contributed by atoms with Crippen LogP contribution in [0, 0.1) is 6.92 Å². The van der Waals surface area contributed by atoms with Crippen molar-refractivity contribution in [3.8, 4) is 0 Å². The highest BCUT2D eigenvalue weighted by atomic mass is 35.5. The fraction of sp³-hybridized carbons (Fsp3) is 0.100. The maximum absolute atomic E-state index is 12.4. The molecule has 2 aromatic heterocycles. The molecule has 0 aliphatic carbocycles. The summed E-state index contributed by atoms with van der Waals surface area (Å²) in [5, 5.41) is 6.72. The Kier molecular flexibility index (Phi) is 3.52. The minimum Gasteiger partial charge on any atom is -0.281 e. The summed E-state index contributed by atoms with van der Waals surface area (Å²) < 4.78 is 35.2. The van der Waals surface area contributed by atoms with Crippen LogP contribution >= 0.6 is 34.9 Å². The van der Waals surface area contributed by atoms with Gasteiger partial charge in [-0.1, -0.05) is 23.2 Å². The average Bonchev–Trinajstić information content (AvgIpc) is 3.03. The number of nitrogens with zero attached hydrogens (tertiary/aromatic N) is 3. The van der Waals surface area contributed by atoms with Crippen molar-refractivity contribution in [2.24, 2.45) is 0 Å². The van der Waals surface area contributed by atoms with Crippen LogP contribution in [0.25, 0.3) is 11.0 Å². The van der Waals surface area contributed by atoms with Crippen LogP contribution < -0.4 is 4.72 Å². The second-order valence-electron chi connectivity index (χ2n) is 4.14. The number of hydrogen-bond acceptors (Lipinski definition) is 6. The molecule has 0 radical (unpaired) electrons. The Morgan fingerprint density at radius 2 is 1.95 bits per heavy atom. The van der Waals surface area contributed by atoms with E-state index in [-0.39, 0.29) is 15.6 Å². The van der Waals surface area contributed by atoms with E-state index in [1.165, 1.54) is 12.3 Å². The summed E-state index contributed by atoms with van der Waals surface area (Å²) in [4.78, 5) is 0.0323. The summed E-state index contributed by atoms with van der Waals surface area (Å²) in [5.41, 5.74) is 1.26. The smallest absolute Gasteiger partial charge is 0.265 e. The zero-order valence-electron chi connectivity index (χ0n) is 10.4. The Morgan fingerprint density at radius 1 is 1.24 bits per heavy atom. The van der Waals surface area contributed by atoms with Crippen LogP contribution in [0.15, 0.2) is 17.2 Å². The second kappa shape index (κ2) is 5.09. The number of H-pyrrole nitrogens is 1. The van der Waals surface area contributed by atoms with E-state index in [9.17, 15) is 8.42 Å². The van der Waals surface area contributed by atoms with Gasteiger partial charge < -0.3 is 0 Å². The van der Waals surface area contributed by atoms with Gasteiger partial charge in [-0.25, -0.2) is 8.42 Å². The molecule has 0 fully saturated rings. The van der Waals surface area contributed by atoms with Gasteiger partial charge in [0.05, 0.1) is 39.4 Å². The van der Waals surface area contributed by atoms with E-state index in [1.807, 2.05) is 0 Å². The van der Waals surface area contributed by atoms with Crippen molar-refractivity contribution in [1.29, 1.82) is 0 Å². The van der Waals surface area contributed by atoms with Crippen molar-refractivity contribution in [1.82, 2.24) is 18.9 Å². The minimum absolute atomic E-state index is 0.0323. The lowest BCUT2D eigenvalue weighted by molar-refractivity contribution is 0.600. The van der Waals surface area contributed by atoms with Crippen molar-refractivity contribution in [2.75, 3.05) is 4.72 Å². The largest absolute Gasteiger partial charge is 0.281 e. The molecule has 3 rings (SSSR count). The lowest BCUT2D eigenvalue weighted by atomic mass is 10.3. The lowest BCUT2D eigenvalue weighted by Gasteiger charge is -2.09. The van der Waals surface area contributed by atoms with Crippen LogP contribution in [0.1, 0.15) is 5.69 Å². The average molecular weight is 364 g/mol. The number of benzene rings is 1. The van der Waals surface area contributed by atoms with Gasteiger partial charge in [0.2, 0.25) is 0 Å². The topological polar surface area (TPSA) is 101 Å². The molecule has 0 unspecified atom stereocenters. The second-order valence-corrected chi connectivity index (χ2v) is 7.14. The summed E-state index contributed by atoms with van der Waals surface area (Å²) in [7, 11) is -3.84. The Labute approximate surface area is 133 Å². The van der Waals surface area contributed by atoms with Gasteiger partial charge in [0, 0.05) is 0 Å². The first kappa shape index (κ1) is 14.5. The molecular weight excluding hydrogens is 357 g/mol. The summed E-state index contributed by atoms with van der Waals surface area (Å²) in [6.45, 7) is 1.60. The van der Waals surface area contributed by atoms with Crippen LogP contribution in [-0.2, 0) is 10.0 Å². The fourth-order valence-electron chi connectivity index (χ4n) is 1.77. The number of anilines is 1. The molecule has 110 valence electrons. The zero-order chi connectivity index (χ0) is 15.2. The van der Waals surface area contributed by atoms with Crippen LogP contribution in [0.5, 0.6) is 0 Å². The van der Waals surface area contributed by atoms with Gasteiger partial charge in [-0.3, -0.25) is 9.82 Å². The summed E-state index contributed by atoms with van der Waals surface area (Å²) in [6.07, 6.45) is 1.22. The molecule has 0 saturated heterocycles. The van der Waals surface area contributed by atoms with Gasteiger partial charge >= 0.3 is 0 Å². The van der Waals surface area contributed by atoms with Gasteiger partial charge in [0.15, 0.2) is 0 Å². The van der Waals surface area contributed by atoms with E-state index in [4.69, 9.17) is 23.2 Å². The van der Waals surface area contributed by atoms with Gasteiger partial charge in [0.25, 0.3) is 10.0 Å². The van der Waals surface area contributed by atoms with E-state index >= 15 is 0 Å². The Bertz CT molecular complexity index is 934. The van der Waals surface area contributed by atoms with Crippen molar-refractivity contribution in [2.45, 2.75) is 11.8 Å². The molecule has 0 bridgehead atoms. The minimum atomic E-state index is -3.84. The van der Waals surface area contributed by atoms with Crippen LogP contribution in [0.2, 0.25) is 10.0 Å². The molecule has 21 heavy (non-hydrogen) atoms. The number of aryl methyl sites for hydroxylation is 1. The third-order valence-corrected chi connectivity index (χ3v) is 5.33. The molecule has 0 atom stereocenters. The van der Waals surface area contributed by atoms with Crippen molar-refractivity contribution >= 4 is 61.7 Å². The quantitative estimate of drug-likeness (QED) is 0.744. The SMILES string of the molecule is Cc1[nH]ncc1S(=O)(=O)Nc1c(Cl)cc(Cl)c2nsnc12. The summed E-state index contributed by atoms with van der Waals surface area (Å²) in [5.74, 6) is 0. The standard InChI is InChI=1S/C10H7Cl2N5O2S2/c1-4-7(3-13-14-4)21(18,19)17-9-6(12)2-5(11)8-10(9)16-20-15-8/h2-3,17H,1H3,(H,13,14). The number of rotatable bonds is 3. The van der Waals surface area contributed by atoms with Crippen LogP contribution in [0.3, 0.4) is 0 Å². The molecule has 7 nitrogen and oxygen atoms in total. The van der Waals surface area contributed by atoms with E-state index in [0.29, 0.717) is 21.7 Å². The van der Waals surface area contributed by atoms with Gasteiger partial charge in [-0.15, -0.1) is 0 Å². The molecule has 0 aliphatic rings. The molecule has 2 N–H and O–H groups in total. The van der Waals surface area contributed by atoms with Crippen molar-refractivity contribution in [3.63, 3.8) is 0 Å². The highest BCUT2D eigenvalue weighted by Crippen LogP contribution is 2.36. The third-order valence-electron chi connectivity index (χ3n) is 2.75. The first-order valence-corrected chi connectivity index (χ1v) is 8.50. The third kappa shape index (κ3) is 2.46. The van der Waals surface area contributed by atoms with Gasteiger partial charge in [0.1, 0.15) is 15.9 Å². The van der Waals surface area contributed by atoms with Crippen LogP contribution in [0.4, 0.5) is 5.69 Å². The predicted octanol–water partition coefficient (Wildman–Crippen LogP) is 2.83. The first-order valence-electron chi connectivity index (χ1n) is 5.53. The Balaban J connectivity index is 2.15. The van der Waals surface area contributed by atoms with E-state index in [1.54, 1.807) is 6.92 Å². The number of nitrogens with one attached hydrogen (secondary N) is 2. The van der Waals surface area contributed by atoms with Crippen molar-refractivity contribution < 1.29 is 8.42 Å². The van der Waals surface area contributed by atoms with E-state index in [2.05, 4.69) is 23.7 Å². The number of aromatic amines is 1. The Morgan fingerprint density at radius 3 is 2.62 bits per heavy atom. The van der Waals surface area contributed by atoms with Crippen molar-refractivity contribution in [3.05, 3.63) is 28.0 Å². The highest BCUT2D eigenvalue weighted by Gasteiger charge is 2.23. The number of halogens is 2. The summed E-state index contributed by atoms with van der Waals surface area (Å²) in [6, 6.07) is 1.42. The number of fused-ring (bicyclic) bond motifs is 1. The monoisotopic (exact) mass is 363 g/mol. The van der Waals surface area contributed by atoms with E-state index in [0.717, 1.165) is 11.7 Å². The first-order chi connectivity index (χ1) is 9.90. The molecule has 0 spiro atoms. The molecule has 1 aromatic carbocycles. The fourth-order valence-corrected chi connectivity index (χ4v) is 4.21. The number of hydrogen-bond donors (Lipinski definition) is 2. The Hall–Kier alpha value is -1.42. The highest BCUT2D eigenvalue weighted by molar-refractivity contribution is 7.92. The normalized spacial score (nSPS) is 12.0. The predicted molar refractivity (Wildman–Crippen MR) is 81.6 cm³/mol. The molecule has 2 heterocycles. The van der Waals surface area contributed by atoms with Gasteiger partial charge in [-0.2, -0.15) is 13.8 Å². The maximum Gasteiger partial charge on any atom is 0.265 e. The molecule has 0 saturated carbocycles. The molecule has 3 aromatic rings.